The number of nitrogens with zero attached hydrogens (tertiary/aromatic N) is 2. The van der Waals surface area contributed by atoms with Crippen LogP contribution in [0, 0.1) is 11.3 Å². The lowest BCUT2D eigenvalue weighted by atomic mass is 10.1. The van der Waals surface area contributed by atoms with Crippen LogP contribution in [-0.4, -0.2) is 36.5 Å². The summed E-state index contributed by atoms with van der Waals surface area (Å²) in [6.45, 7) is 4.47. The maximum Gasteiger partial charge on any atom is 0.345 e. The summed E-state index contributed by atoms with van der Waals surface area (Å²) in [5.41, 5.74) is 1.11. The molecule has 0 aromatic heterocycles. The van der Waals surface area contributed by atoms with Crippen molar-refractivity contribution in [1.82, 2.24) is 4.90 Å². The Balaban J connectivity index is 2.06. The number of esters is 1. The van der Waals surface area contributed by atoms with Crippen LogP contribution in [0.25, 0.3) is 0 Å². The minimum Gasteiger partial charge on any atom is -0.482 e. The van der Waals surface area contributed by atoms with E-state index in [1.807, 2.05) is 26.0 Å². The van der Waals surface area contributed by atoms with E-state index in [-0.39, 0.29) is 12.5 Å². The average molecular weight is 366 g/mol. The van der Waals surface area contributed by atoms with Gasteiger partial charge in [-0.05, 0) is 38.1 Å². The fraction of sp³-hybridized carbons (Fsp3) is 0.286. The van der Waals surface area contributed by atoms with Gasteiger partial charge in [0.05, 0.1) is 11.6 Å². The Kier molecular flexibility index (Phi) is 7.38. The van der Waals surface area contributed by atoms with E-state index in [1.54, 1.807) is 53.4 Å². The van der Waals surface area contributed by atoms with Gasteiger partial charge >= 0.3 is 5.97 Å². The highest BCUT2D eigenvalue weighted by atomic mass is 16.6. The van der Waals surface area contributed by atoms with Crippen molar-refractivity contribution in [3.63, 3.8) is 0 Å². The Hall–Kier alpha value is -3.33. The molecule has 0 aliphatic heterocycles. The number of carbonyl (C=O) groups is 2. The molecule has 0 unspecified atom stereocenters. The molecule has 0 radical (unpaired) electrons. The van der Waals surface area contributed by atoms with Crippen molar-refractivity contribution in [1.29, 1.82) is 5.26 Å². The summed E-state index contributed by atoms with van der Waals surface area (Å²) in [4.78, 5) is 26.6. The number of likely N-dealkylation sites (N-methyl/N-ethyl adjacent to an activating group) is 1. The molecule has 0 bridgehead atoms. The smallest absolute Gasteiger partial charge is 0.345 e. The number of nitriles is 1. The van der Waals surface area contributed by atoms with Crippen molar-refractivity contribution in [2.75, 3.05) is 19.7 Å². The van der Waals surface area contributed by atoms with Crippen molar-refractivity contribution >= 4 is 11.9 Å². The Morgan fingerprint density at radius 1 is 1.04 bits per heavy atom. The van der Waals surface area contributed by atoms with Crippen LogP contribution < -0.4 is 4.74 Å². The van der Waals surface area contributed by atoms with E-state index in [1.165, 1.54) is 0 Å². The molecular weight excluding hydrogens is 344 g/mol. The first-order valence-electron chi connectivity index (χ1n) is 8.75. The van der Waals surface area contributed by atoms with E-state index in [0.717, 1.165) is 0 Å². The molecule has 140 valence electrons. The fourth-order valence-corrected chi connectivity index (χ4v) is 2.52. The summed E-state index contributed by atoms with van der Waals surface area (Å²) in [5.74, 6) is -0.469. The third-order valence-electron chi connectivity index (χ3n) is 3.99. The molecule has 6 heteroatoms. The van der Waals surface area contributed by atoms with Crippen LogP contribution in [-0.2, 0) is 14.3 Å². The first-order chi connectivity index (χ1) is 13.1. The molecule has 0 aliphatic rings. The lowest BCUT2D eigenvalue weighted by molar-refractivity contribution is -0.162. The number of amides is 1. The van der Waals surface area contributed by atoms with Crippen molar-refractivity contribution in [2.24, 2.45) is 0 Å². The number of hydrogen-bond acceptors (Lipinski definition) is 5. The van der Waals surface area contributed by atoms with E-state index in [4.69, 9.17) is 14.7 Å². The summed E-state index contributed by atoms with van der Waals surface area (Å²) in [6, 6.07) is 17.3. The standard InChI is InChI=1S/C21H22N2O4/c1-3-23(4-2)21(25)20(17-8-6-5-7-9-17)27-19(24)15-26-18-12-10-16(14-22)11-13-18/h5-13,20H,3-4,15H2,1-2H3/t20-/m1/s1. The summed E-state index contributed by atoms with van der Waals surface area (Å²) in [6.07, 6.45) is -1.01. The van der Waals surface area contributed by atoms with Crippen LogP contribution in [0.2, 0.25) is 0 Å². The van der Waals surface area contributed by atoms with Crippen LogP contribution in [0.1, 0.15) is 31.1 Å². The normalized spacial score (nSPS) is 11.1. The second-order valence-electron chi connectivity index (χ2n) is 5.72. The topological polar surface area (TPSA) is 79.6 Å². The number of ether oxygens (including phenoxy) is 2. The van der Waals surface area contributed by atoms with Gasteiger partial charge in [-0.25, -0.2) is 4.79 Å². The molecule has 2 aromatic rings. The lowest BCUT2D eigenvalue weighted by Crippen LogP contribution is -2.37. The Bertz CT molecular complexity index is 793. The van der Waals surface area contributed by atoms with Crippen LogP contribution in [0.3, 0.4) is 0 Å². The largest absolute Gasteiger partial charge is 0.482 e. The molecule has 0 aliphatic carbocycles. The maximum atomic E-state index is 12.8. The van der Waals surface area contributed by atoms with Crippen molar-refractivity contribution < 1.29 is 19.1 Å². The molecule has 2 aromatic carbocycles. The second kappa shape index (κ2) is 9.97. The van der Waals surface area contributed by atoms with Gasteiger partial charge < -0.3 is 14.4 Å². The SMILES string of the molecule is CCN(CC)C(=O)[C@H](OC(=O)COc1ccc(C#N)cc1)c1ccccc1. The van der Waals surface area contributed by atoms with Crippen molar-refractivity contribution in [3.05, 3.63) is 65.7 Å². The van der Waals surface area contributed by atoms with Gasteiger partial charge in [0.15, 0.2) is 6.61 Å². The van der Waals surface area contributed by atoms with Crippen molar-refractivity contribution in [2.45, 2.75) is 20.0 Å². The van der Waals surface area contributed by atoms with Gasteiger partial charge in [-0.1, -0.05) is 30.3 Å². The van der Waals surface area contributed by atoms with Gasteiger partial charge in [0.2, 0.25) is 6.10 Å². The van der Waals surface area contributed by atoms with E-state index >= 15 is 0 Å². The minimum atomic E-state index is -1.01. The molecule has 27 heavy (non-hydrogen) atoms. The second-order valence-corrected chi connectivity index (χ2v) is 5.72. The summed E-state index contributed by atoms with van der Waals surface area (Å²) in [5, 5.41) is 8.79. The Morgan fingerprint density at radius 2 is 1.67 bits per heavy atom. The van der Waals surface area contributed by atoms with Crippen LogP contribution in [0.15, 0.2) is 54.6 Å². The van der Waals surface area contributed by atoms with E-state index in [2.05, 4.69) is 0 Å². The molecule has 1 amide bonds. The predicted molar refractivity (Wildman–Crippen MR) is 99.9 cm³/mol. The van der Waals surface area contributed by atoms with Gasteiger partial charge in [-0.3, -0.25) is 4.79 Å². The summed E-state index contributed by atoms with van der Waals surface area (Å²) >= 11 is 0. The highest BCUT2D eigenvalue weighted by Crippen LogP contribution is 2.21. The van der Waals surface area contributed by atoms with Crippen LogP contribution in [0.5, 0.6) is 5.75 Å². The molecule has 1 atom stereocenters. The zero-order chi connectivity index (χ0) is 19.6. The van der Waals surface area contributed by atoms with Gasteiger partial charge in [0.1, 0.15) is 5.75 Å². The van der Waals surface area contributed by atoms with Crippen LogP contribution in [0.4, 0.5) is 0 Å². The average Bonchev–Trinajstić information content (AvgIpc) is 2.72. The van der Waals surface area contributed by atoms with E-state index in [9.17, 15) is 9.59 Å². The highest BCUT2D eigenvalue weighted by Gasteiger charge is 2.28. The van der Waals surface area contributed by atoms with E-state index in [0.29, 0.717) is 30.0 Å². The Morgan fingerprint density at radius 3 is 2.22 bits per heavy atom. The fourth-order valence-electron chi connectivity index (χ4n) is 2.52. The third kappa shape index (κ3) is 5.58. The van der Waals surface area contributed by atoms with Gasteiger partial charge in [-0.2, -0.15) is 5.26 Å². The molecule has 0 heterocycles. The zero-order valence-electron chi connectivity index (χ0n) is 15.4. The number of carbonyl (C=O) groups excluding carboxylic acids is 2. The lowest BCUT2D eigenvalue weighted by Gasteiger charge is -2.25. The number of rotatable bonds is 8. The minimum absolute atomic E-state index is 0.266. The molecule has 0 fully saturated rings. The number of benzene rings is 2. The summed E-state index contributed by atoms with van der Waals surface area (Å²) in [7, 11) is 0. The van der Waals surface area contributed by atoms with Crippen LogP contribution >= 0.6 is 0 Å². The monoisotopic (exact) mass is 366 g/mol. The number of hydrogen-bond donors (Lipinski definition) is 0. The molecule has 0 N–H and O–H groups in total. The maximum absolute atomic E-state index is 12.8. The Labute approximate surface area is 158 Å². The highest BCUT2D eigenvalue weighted by molar-refractivity contribution is 5.85. The molecule has 0 saturated carbocycles. The molecule has 6 nitrogen and oxygen atoms in total. The van der Waals surface area contributed by atoms with Crippen molar-refractivity contribution in [3.8, 4) is 11.8 Å². The van der Waals surface area contributed by atoms with Gasteiger partial charge in [-0.15, -0.1) is 0 Å². The molecular formula is C21H22N2O4. The quantitative estimate of drug-likeness (QED) is 0.671. The first kappa shape index (κ1) is 20.0. The van der Waals surface area contributed by atoms with Gasteiger partial charge in [0.25, 0.3) is 5.91 Å². The van der Waals surface area contributed by atoms with Gasteiger partial charge in [0, 0.05) is 18.7 Å². The van der Waals surface area contributed by atoms with E-state index < -0.39 is 12.1 Å². The summed E-state index contributed by atoms with van der Waals surface area (Å²) < 4.78 is 10.8. The molecule has 0 spiro atoms. The first-order valence-corrected chi connectivity index (χ1v) is 8.75. The zero-order valence-corrected chi connectivity index (χ0v) is 15.4. The molecule has 2 rings (SSSR count). The molecule has 0 saturated heterocycles. The third-order valence-corrected chi connectivity index (χ3v) is 3.99. The predicted octanol–water partition coefficient (Wildman–Crippen LogP) is 3.09.